The van der Waals surface area contributed by atoms with Gasteiger partial charge in [-0.25, -0.2) is 9.37 Å². The number of hydrogen-bond acceptors (Lipinski definition) is 4. The SMILES string of the molecule is CCC(C#N)N1CCN(c2ncccc2F)CC1. The van der Waals surface area contributed by atoms with Gasteiger partial charge in [0.05, 0.1) is 12.1 Å². The van der Waals surface area contributed by atoms with Gasteiger partial charge in [0.25, 0.3) is 0 Å². The average molecular weight is 248 g/mol. The van der Waals surface area contributed by atoms with E-state index < -0.39 is 0 Å². The van der Waals surface area contributed by atoms with Gasteiger partial charge < -0.3 is 4.90 Å². The van der Waals surface area contributed by atoms with Crippen molar-refractivity contribution in [3.05, 3.63) is 24.1 Å². The largest absolute Gasteiger partial charge is 0.352 e. The number of nitriles is 1. The second-order valence-electron chi connectivity index (χ2n) is 4.38. The van der Waals surface area contributed by atoms with Crippen LogP contribution >= 0.6 is 0 Å². The van der Waals surface area contributed by atoms with Gasteiger partial charge in [-0.15, -0.1) is 0 Å². The molecular weight excluding hydrogens is 231 g/mol. The Morgan fingerprint density at radius 1 is 1.44 bits per heavy atom. The number of anilines is 1. The fourth-order valence-electron chi connectivity index (χ4n) is 2.29. The Balaban J connectivity index is 1.99. The number of nitrogens with zero attached hydrogens (tertiary/aromatic N) is 4. The van der Waals surface area contributed by atoms with Crippen molar-refractivity contribution in [3.8, 4) is 6.07 Å². The van der Waals surface area contributed by atoms with E-state index in [4.69, 9.17) is 5.26 Å². The molecule has 18 heavy (non-hydrogen) atoms. The lowest BCUT2D eigenvalue weighted by Crippen LogP contribution is -2.50. The third-order valence-corrected chi connectivity index (χ3v) is 3.33. The van der Waals surface area contributed by atoms with E-state index >= 15 is 0 Å². The van der Waals surface area contributed by atoms with Crippen molar-refractivity contribution in [1.29, 1.82) is 5.26 Å². The van der Waals surface area contributed by atoms with Crippen molar-refractivity contribution in [3.63, 3.8) is 0 Å². The Morgan fingerprint density at radius 2 is 2.17 bits per heavy atom. The Bertz CT molecular complexity index is 435. The summed E-state index contributed by atoms with van der Waals surface area (Å²) in [6.45, 7) is 5.00. The van der Waals surface area contributed by atoms with Gasteiger partial charge in [-0.1, -0.05) is 6.92 Å². The van der Waals surface area contributed by atoms with E-state index in [2.05, 4.69) is 16.0 Å². The number of hydrogen-bond donors (Lipinski definition) is 0. The molecule has 1 aromatic heterocycles. The quantitative estimate of drug-likeness (QED) is 0.815. The molecule has 0 spiro atoms. The summed E-state index contributed by atoms with van der Waals surface area (Å²) in [5.41, 5.74) is 0. The van der Waals surface area contributed by atoms with Gasteiger partial charge in [0.2, 0.25) is 0 Å². The highest BCUT2D eigenvalue weighted by molar-refractivity contribution is 5.40. The maximum absolute atomic E-state index is 13.6. The number of aromatic nitrogens is 1. The highest BCUT2D eigenvalue weighted by Crippen LogP contribution is 2.18. The van der Waals surface area contributed by atoms with Crippen LogP contribution in [0.3, 0.4) is 0 Å². The molecule has 0 saturated carbocycles. The molecule has 2 heterocycles. The third kappa shape index (κ3) is 2.59. The summed E-state index contributed by atoms with van der Waals surface area (Å²) in [6.07, 6.45) is 2.43. The van der Waals surface area contributed by atoms with Crippen LogP contribution in [0.1, 0.15) is 13.3 Å². The van der Waals surface area contributed by atoms with Crippen LogP contribution in [0.15, 0.2) is 18.3 Å². The van der Waals surface area contributed by atoms with Gasteiger partial charge in [0, 0.05) is 32.4 Å². The number of rotatable bonds is 3. The third-order valence-electron chi connectivity index (χ3n) is 3.33. The van der Waals surface area contributed by atoms with E-state index in [0.717, 1.165) is 19.5 Å². The van der Waals surface area contributed by atoms with Gasteiger partial charge >= 0.3 is 0 Å². The second kappa shape index (κ2) is 5.78. The van der Waals surface area contributed by atoms with E-state index in [0.29, 0.717) is 18.9 Å². The van der Waals surface area contributed by atoms with Crippen molar-refractivity contribution in [1.82, 2.24) is 9.88 Å². The summed E-state index contributed by atoms with van der Waals surface area (Å²) < 4.78 is 13.6. The maximum atomic E-state index is 13.6. The summed E-state index contributed by atoms with van der Waals surface area (Å²) in [5.74, 6) is 0.139. The van der Waals surface area contributed by atoms with Crippen molar-refractivity contribution in [2.75, 3.05) is 31.1 Å². The van der Waals surface area contributed by atoms with Crippen molar-refractivity contribution in [2.45, 2.75) is 19.4 Å². The molecule has 0 N–H and O–H groups in total. The predicted octanol–water partition coefficient (Wildman–Crippen LogP) is 1.64. The van der Waals surface area contributed by atoms with E-state index in [9.17, 15) is 4.39 Å². The molecule has 0 amide bonds. The van der Waals surface area contributed by atoms with Crippen molar-refractivity contribution >= 4 is 5.82 Å². The van der Waals surface area contributed by atoms with Crippen LogP contribution < -0.4 is 4.90 Å². The molecule has 1 aliphatic rings. The second-order valence-corrected chi connectivity index (χ2v) is 4.38. The van der Waals surface area contributed by atoms with Crippen molar-refractivity contribution < 1.29 is 4.39 Å². The Kier molecular flexibility index (Phi) is 4.11. The highest BCUT2D eigenvalue weighted by Gasteiger charge is 2.24. The molecule has 1 saturated heterocycles. The van der Waals surface area contributed by atoms with E-state index in [1.807, 2.05) is 11.8 Å². The normalized spacial score (nSPS) is 18.4. The lowest BCUT2D eigenvalue weighted by Gasteiger charge is -2.37. The first-order chi connectivity index (χ1) is 8.76. The standard InChI is InChI=1S/C13H17FN4/c1-2-11(10-15)17-6-8-18(9-7-17)13-12(14)4-3-5-16-13/h3-5,11H,2,6-9H2,1H3. The molecular formula is C13H17FN4. The molecule has 1 atom stereocenters. The molecule has 1 aliphatic heterocycles. The van der Waals surface area contributed by atoms with Gasteiger partial charge in [-0.3, -0.25) is 4.90 Å². The predicted molar refractivity (Wildman–Crippen MR) is 67.7 cm³/mol. The van der Waals surface area contributed by atoms with Crippen LogP contribution in [-0.2, 0) is 0 Å². The molecule has 4 nitrogen and oxygen atoms in total. The molecule has 1 unspecified atom stereocenters. The molecule has 0 radical (unpaired) electrons. The summed E-state index contributed by atoms with van der Waals surface area (Å²) in [7, 11) is 0. The van der Waals surface area contributed by atoms with Gasteiger partial charge in [-0.2, -0.15) is 5.26 Å². The lowest BCUT2D eigenvalue weighted by atomic mass is 10.2. The zero-order valence-corrected chi connectivity index (χ0v) is 10.5. The molecule has 1 aromatic rings. The van der Waals surface area contributed by atoms with Crippen LogP contribution in [0.4, 0.5) is 10.2 Å². The van der Waals surface area contributed by atoms with Crippen LogP contribution in [0, 0.1) is 17.1 Å². The molecule has 0 aromatic carbocycles. The monoisotopic (exact) mass is 248 g/mol. The zero-order chi connectivity index (χ0) is 13.0. The zero-order valence-electron chi connectivity index (χ0n) is 10.5. The minimum absolute atomic E-state index is 0.0271. The summed E-state index contributed by atoms with van der Waals surface area (Å²) in [4.78, 5) is 8.17. The first-order valence-electron chi connectivity index (χ1n) is 6.25. The molecule has 96 valence electrons. The summed E-state index contributed by atoms with van der Waals surface area (Å²) >= 11 is 0. The fourth-order valence-corrected chi connectivity index (χ4v) is 2.29. The van der Waals surface area contributed by atoms with Crippen LogP contribution in [-0.4, -0.2) is 42.1 Å². The first kappa shape index (κ1) is 12.8. The number of halogens is 1. The molecule has 0 aliphatic carbocycles. The van der Waals surface area contributed by atoms with Gasteiger partial charge in [-0.05, 0) is 18.6 Å². The first-order valence-corrected chi connectivity index (χ1v) is 6.25. The van der Waals surface area contributed by atoms with E-state index in [-0.39, 0.29) is 11.9 Å². The van der Waals surface area contributed by atoms with Crippen LogP contribution in [0.2, 0.25) is 0 Å². The molecule has 0 bridgehead atoms. The smallest absolute Gasteiger partial charge is 0.165 e. The van der Waals surface area contributed by atoms with Gasteiger partial charge in [0.15, 0.2) is 11.6 Å². The average Bonchev–Trinajstić information content (AvgIpc) is 2.42. The summed E-state index contributed by atoms with van der Waals surface area (Å²) in [5, 5.41) is 9.03. The van der Waals surface area contributed by atoms with Crippen molar-refractivity contribution in [2.24, 2.45) is 0 Å². The number of pyridine rings is 1. The molecule has 5 heteroatoms. The minimum atomic E-state index is -0.279. The fraction of sp³-hybridized carbons (Fsp3) is 0.538. The molecule has 2 rings (SSSR count). The van der Waals surface area contributed by atoms with Crippen LogP contribution in [0.25, 0.3) is 0 Å². The Morgan fingerprint density at radius 3 is 2.72 bits per heavy atom. The topological polar surface area (TPSA) is 43.2 Å². The number of piperazine rings is 1. The van der Waals surface area contributed by atoms with E-state index in [1.54, 1.807) is 12.3 Å². The Hall–Kier alpha value is -1.67. The minimum Gasteiger partial charge on any atom is -0.352 e. The molecule has 1 fully saturated rings. The maximum Gasteiger partial charge on any atom is 0.165 e. The van der Waals surface area contributed by atoms with Crippen LogP contribution in [0.5, 0.6) is 0 Å². The highest BCUT2D eigenvalue weighted by atomic mass is 19.1. The van der Waals surface area contributed by atoms with E-state index in [1.165, 1.54) is 6.07 Å². The Labute approximate surface area is 107 Å². The van der Waals surface area contributed by atoms with Gasteiger partial charge in [0.1, 0.15) is 0 Å². The summed E-state index contributed by atoms with van der Waals surface area (Å²) in [6, 6.07) is 5.30. The lowest BCUT2D eigenvalue weighted by molar-refractivity contribution is 0.215.